The highest BCUT2D eigenvalue weighted by atomic mass is 16.3. The lowest BCUT2D eigenvalue weighted by molar-refractivity contribution is 0.100. The van der Waals surface area contributed by atoms with Gasteiger partial charge in [-0.1, -0.05) is 29.8 Å². The number of aliphatic hydroxyl groups is 1. The van der Waals surface area contributed by atoms with Gasteiger partial charge in [0.05, 0.1) is 6.10 Å². The molecule has 1 saturated heterocycles. The Hall–Kier alpha value is -0.860. The van der Waals surface area contributed by atoms with Gasteiger partial charge >= 0.3 is 0 Å². The molecule has 1 aromatic carbocycles. The van der Waals surface area contributed by atoms with Gasteiger partial charge in [0.25, 0.3) is 0 Å². The average molecular weight is 233 g/mol. The molecule has 0 bridgehead atoms. The molecule has 1 aliphatic rings. The van der Waals surface area contributed by atoms with Gasteiger partial charge in [-0.25, -0.2) is 0 Å². The third kappa shape index (κ3) is 3.83. The Bertz CT molecular complexity index is 325. The molecule has 0 saturated carbocycles. The molecule has 0 spiro atoms. The molecule has 2 nitrogen and oxygen atoms in total. The van der Waals surface area contributed by atoms with Crippen LogP contribution in [-0.4, -0.2) is 24.3 Å². The van der Waals surface area contributed by atoms with Crippen LogP contribution in [0.25, 0.3) is 0 Å². The van der Waals surface area contributed by atoms with Crippen molar-refractivity contribution in [1.82, 2.24) is 5.32 Å². The summed E-state index contributed by atoms with van der Waals surface area (Å²) in [5.41, 5.74) is 2.53. The fourth-order valence-corrected chi connectivity index (χ4v) is 2.56. The van der Waals surface area contributed by atoms with Crippen molar-refractivity contribution >= 4 is 0 Å². The van der Waals surface area contributed by atoms with E-state index in [1.807, 2.05) is 0 Å². The number of rotatable bonds is 3. The van der Waals surface area contributed by atoms with Gasteiger partial charge in [0.15, 0.2) is 0 Å². The second kappa shape index (κ2) is 6.18. The highest BCUT2D eigenvalue weighted by molar-refractivity contribution is 5.21. The molecule has 0 radical (unpaired) electrons. The van der Waals surface area contributed by atoms with Crippen molar-refractivity contribution in [2.75, 3.05) is 13.1 Å². The van der Waals surface area contributed by atoms with Gasteiger partial charge in [-0.2, -0.15) is 0 Å². The lowest BCUT2D eigenvalue weighted by Crippen LogP contribution is -2.24. The van der Waals surface area contributed by atoms with E-state index < -0.39 is 0 Å². The van der Waals surface area contributed by atoms with Crippen molar-refractivity contribution < 1.29 is 5.11 Å². The molecule has 1 aliphatic heterocycles. The Morgan fingerprint density at radius 3 is 2.76 bits per heavy atom. The Labute approximate surface area is 104 Å². The largest absolute Gasteiger partial charge is 0.392 e. The van der Waals surface area contributed by atoms with Gasteiger partial charge < -0.3 is 10.4 Å². The molecular formula is C15H23NO. The van der Waals surface area contributed by atoms with E-state index in [4.69, 9.17) is 0 Å². The van der Waals surface area contributed by atoms with E-state index in [1.54, 1.807) is 0 Å². The summed E-state index contributed by atoms with van der Waals surface area (Å²) in [6.07, 6.45) is 4.06. The lowest BCUT2D eigenvalue weighted by Gasteiger charge is -2.21. The number of aryl methyl sites for hydroxylation is 1. The molecule has 1 fully saturated rings. The smallest absolute Gasteiger partial charge is 0.0609 e. The third-order valence-electron chi connectivity index (χ3n) is 3.73. The summed E-state index contributed by atoms with van der Waals surface area (Å²) in [6, 6.07) is 8.51. The molecule has 2 rings (SSSR count). The number of hydrogen-bond acceptors (Lipinski definition) is 2. The topological polar surface area (TPSA) is 32.3 Å². The molecule has 17 heavy (non-hydrogen) atoms. The van der Waals surface area contributed by atoms with Crippen LogP contribution in [0.15, 0.2) is 24.3 Å². The predicted molar refractivity (Wildman–Crippen MR) is 71.1 cm³/mol. The van der Waals surface area contributed by atoms with Crippen LogP contribution >= 0.6 is 0 Å². The van der Waals surface area contributed by atoms with Gasteiger partial charge in [-0.3, -0.25) is 0 Å². The van der Waals surface area contributed by atoms with Crippen LogP contribution in [0.3, 0.4) is 0 Å². The molecule has 2 unspecified atom stereocenters. The van der Waals surface area contributed by atoms with Crippen molar-refractivity contribution in [1.29, 1.82) is 0 Å². The lowest BCUT2D eigenvalue weighted by atomic mass is 9.90. The predicted octanol–water partition coefficient (Wildman–Crippen LogP) is 2.29. The first kappa shape index (κ1) is 12.6. The van der Waals surface area contributed by atoms with Crippen molar-refractivity contribution in [2.24, 2.45) is 5.92 Å². The zero-order chi connectivity index (χ0) is 12.1. The first-order valence-corrected chi connectivity index (χ1v) is 6.70. The van der Waals surface area contributed by atoms with Crippen molar-refractivity contribution in [3.05, 3.63) is 35.4 Å². The van der Waals surface area contributed by atoms with Crippen molar-refractivity contribution in [2.45, 2.75) is 38.7 Å². The summed E-state index contributed by atoms with van der Waals surface area (Å²) in [5.74, 6) is 0.464. The zero-order valence-electron chi connectivity index (χ0n) is 10.7. The Balaban J connectivity index is 1.90. The number of benzene rings is 1. The summed E-state index contributed by atoms with van der Waals surface area (Å²) in [7, 11) is 0. The van der Waals surface area contributed by atoms with Crippen LogP contribution in [0.5, 0.6) is 0 Å². The van der Waals surface area contributed by atoms with Gasteiger partial charge in [-0.15, -0.1) is 0 Å². The standard InChI is InChI=1S/C15H23NO/c1-12-4-6-13(7-5-12)11-15(17)14-3-2-9-16-10-8-14/h4-7,14-17H,2-3,8-11H2,1H3. The van der Waals surface area contributed by atoms with Crippen LogP contribution in [-0.2, 0) is 6.42 Å². The molecule has 2 atom stereocenters. The van der Waals surface area contributed by atoms with E-state index in [2.05, 4.69) is 36.5 Å². The minimum atomic E-state index is -0.183. The average Bonchev–Trinajstić information content (AvgIpc) is 2.61. The van der Waals surface area contributed by atoms with Crippen LogP contribution in [0, 0.1) is 12.8 Å². The minimum absolute atomic E-state index is 0.183. The number of aliphatic hydroxyl groups excluding tert-OH is 1. The third-order valence-corrected chi connectivity index (χ3v) is 3.73. The number of hydrogen-bond donors (Lipinski definition) is 2. The Morgan fingerprint density at radius 2 is 2.00 bits per heavy atom. The molecule has 0 amide bonds. The van der Waals surface area contributed by atoms with Crippen molar-refractivity contribution in [3.8, 4) is 0 Å². The molecule has 0 aliphatic carbocycles. The molecular weight excluding hydrogens is 210 g/mol. The summed E-state index contributed by atoms with van der Waals surface area (Å²) in [5, 5.41) is 13.7. The second-order valence-electron chi connectivity index (χ2n) is 5.20. The van der Waals surface area contributed by atoms with Crippen LogP contribution < -0.4 is 5.32 Å². The SMILES string of the molecule is Cc1ccc(CC(O)C2CCCNCC2)cc1. The normalized spacial score (nSPS) is 23.1. The minimum Gasteiger partial charge on any atom is -0.392 e. The molecule has 1 aromatic rings. The van der Waals surface area contributed by atoms with E-state index in [-0.39, 0.29) is 6.10 Å². The van der Waals surface area contributed by atoms with Gasteiger partial charge in [0.1, 0.15) is 0 Å². The van der Waals surface area contributed by atoms with E-state index in [0.717, 1.165) is 32.4 Å². The molecule has 2 heteroatoms. The van der Waals surface area contributed by atoms with E-state index in [1.165, 1.54) is 17.5 Å². The maximum Gasteiger partial charge on any atom is 0.0609 e. The van der Waals surface area contributed by atoms with Crippen molar-refractivity contribution in [3.63, 3.8) is 0 Å². The summed E-state index contributed by atoms with van der Waals surface area (Å²) < 4.78 is 0. The monoisotopic (exact) mass is 233 g/mol. The molecule has 1 heterocycles. The van der Waals surface area contributed by atoms with E-state index in [0.29, 0.717) is 5.92 Å². The highest BCUT2D eigenvalue weighted by Gasteiger charge is 2.20. The van der Waals surface area contributed by atoms with Gasteiger partial charge in [0.2, 0.25) is 0 Å². The zero-order valence-corrected chi connectivity index (χ0v) is 10.7. The van der Waals surface area contributed by atoms with E-state index in [9.17, 15) is 5.11 Å². The molecule has 94 valence electrons. The highest BCUT2D eigenvalue weighted by Crippen LogP contribution is 2.20. The molecule has 0 aromatic heterocycles. The number of nitrogens with one attached hydrogen (secondary N) is 1. The quantitative estimate of drug-likeness (QED) is 0.839. The first-order chi connectivity index (χ1) is 8.25. The maximum absolute atomic E-state index is 10.3. The Kier molecular flexibility index (Phi) is 4.57. The summed E-state index contributed by atoms with van der Waals surface area (Å²) in [4.78, 5) is 0. The maximum atomic E-state index is 10.3. The first-order valence-electron chi connectivity index (χ1n) is 6.70. The van der Waals surface area contributed by atoms with E-state index >= 15 is 0 Å². The summed E-state index contributed by atoms with van der Waals surface area (Å²) in [6.45, 7) is 4.25. The van der Waals surface area contributed by atoms with Crippen LogP contribution in [0.4, 0.5) is 0 Å². The molecule has 2 N–H and O–H groups in total. The second-order valence-corrected chi connectivity index (χ2v) is 5.20. The fourth-order valence-electron chi connectivity index (χ4n) is 2.56. The Morgan fingerprint density at radius 1 is 1.24 bits per heavy atom. The fraction of sp³-hybridized carbons (Fsp3) is 0.600. The summed E-state index contributed by atoms with van der Waals surface area (Å²) >= 11 is 0. The van der Waals surface area contributed by atoms with Crippen LogP contribution in [0.2, 0.25) is 0 Å². The van der Waals surface area contributed by atoms with Gasteiger partial charge in [0, 0.05) is 0 Å². The van der Waals surface area contributed by atoms with Crippen LogP contribution in [0.1, 0.15) is 30.4 Å². The van der Waals surface area contributed by atoms with Gasteiger partial charge in [-0.05, 0) is 57.2 Å².